The third-order valence-electron chi connectivity index (χ3n) is 9.08. The molecule has 0 unspecified atom stereocenters. The maximum absolute atomic E-state index is 6.22. The highest BCUT2D eigenvalue weighted by molar-refractivity contribution is 7.13. The van der Waals surface area contributed by atoms with Gasteiger partial charge in [0.1, 0.15) is 5.76 Å². The lowest BCUT2D eigenvalue weighted by Gasteiger charge is -2.08. The van der Waals surface area contributed by atoms with Crippen LogP contribution in [0.5, 0.6) is 0 Å². The first kappa shape index (κ1) is 36.4. The number of halogens is 3. The minimum absolute atomic E-state index is 0.693. The van der Waals surface area contributed by atoms with Crippen molar-refractivity contribution in [3.63, 3.8) is 0 Å². The van der Waals surface area contributed by atoms with Crippen LogP contribution in [0.25, 0.3) is 32.9 Å². The first-order valence-electron chi connectivity index (χ1n) is 17.6. The number of furan rings is 1. The molecule has 9 heteroatoms. The molecule has 3 N–H and O–H groups in total. The van der Waals surface area contributed by atoms with E-state index in [0.29, 0.717) is 6.04 Å². The molecule has 0 saturated heterocycles. The van der Waals surface area contributed by atoms with Gasteiger partial charge in [0.15, 0.2) is 0 Å². The van der Waals surface area contributed by atoms with Gasteiger partial charge in [-0.15, -0.1) is 11.3 Å². The molecule has 3 aliphatic carbocycles. The first-order chi connectivity index (χ1) is 25.0. The van der Waals surface area contributed by atoms with Crippen LogP contribution in [0.1, 0.15) is 55.2 Å². The van der Waals surface area contributed by atoms with Crippen LogP contribution in [0.15, 0.2) is 112 Å². The first-order valence-corrected chi connectivity index (χ1v) is 20.6. The zero-order chi connectivity index (χ0) is 35.0. The van der Waals surface area contributed by atoms with Crippen molar-refractivity contribution in [1.29, 1.82) is 0 Å². The standard InChI is InChI=1S/C14H14ClNO.2C14H14ClNS/c15-13-6-3-10(14-2-1-7-17-14)8-11(13)9-16-12-4-5-12;15-14-4-1-10(11-5-6-17-9-11)7-12(14)8-16-13-2-3-13;15-13-6-3-10(14-2-1-7-17-14)8-11(13)9-16-12-4-5-12/h1-3,6-8,12,16H,4-5,9H2;1,4-7,9,13,16H,2-3,8H2;1-3,6-8,12,16H,4-5,9H2. The molecular weight excluding hydrogens is 733 g/mol. The highest BCUT2D eigenvalue weighted by Gasteiger charge is 2.22. The fourth-order valence-electron chi connectivity index (χ4n) is 5.56. The lowest BCUT2D eigenvalue weighted by molar-refractivity contribution is 0.582. The third kappa shape index (κ3) is 11.0. The predicted octanol–water partition coefficient (Wildman–Crippen LogP) is 12.5. The Labute approximate surface area is 324 Å². The average Bonchev–Trinajstić information content (AvgIpc) is 4.13. The number of hydrogen-bond acceptors (Lipinski definition) is 6. The molecule has 6 aromatic rings. The summed E-state index contributed by atoms with van der Waals surface area (Å²) in [5.74, 6) is 0.884. The lowest BCUT2D eigenvalue weighted by atomic mass is 10.1. The Kier molecular flexibility index (Phi) is 12.7. The second kappa shape index (κ2) is 17.7. The minimum Gasteiger partial charge on any atom is -0.464 e. The summed E-state index contributed by atoms with van der Waals surface area (Å²) in [4.78, 5) is 1.30. The average molecular weight is 775 g/mol. The van der Waals surface area contributed by atoms with E-state index in [1.165, 1.54) is 71.2 Å². The van der Waals surface area contributed by atoms with E-state index in [1.54, 1.807) is 28.9 Å². The van der Waals surface area contributed by atoms with Crippen molar-refractivity contribution < 1.29 is 4.42 Å². The smallest absolute Gasteiger partial charge is 0.133 e. The second-order valence-electron chi connectivity index (χ2n) is 13.4. The summed E-state index contributed by atoms with van der Waals surface area (Å²) in [7, 11) is 0. The zero-order valence-electron chi connectivity index (χ0n) is 28.3. The SMILES string of the molecule is Clc1ccc(-c2ccco2)cc1CNC1CC1.Clc1ccc(-c2cccs2)cc1CNC1CC1.Clc1ccc(-c2ccsc2)cc1CNC1CC1. The van der Waals surface area contributed by atoms with Crippen LogP contribution in [-0.4, -0.2) is 18.1 Å². The van der Waals surface area contributed by atoms with Gasteiger partial charge in [-0.05, 0) is 155 Å². The van der Waals surface area contributed by atoms with Gasteiger partial charge in [0, 0.05) is 63.3 Å². The molecule has 0 atom stereocenters. The summed E-state index contributed by atoms with van der Waals surface area (Å²) < 4.78 is 5.39. The largest absolute Gasteiger partial charge is 0.464 e. The fraction of sp³-hybridized carbons (Fsp3) is 0.286. The van der Waals surface area contributed by atoms with E-state index in [9.17, 15) is 0 Å². The molecule has 0 amide bonds. The summed E-state index contributed by atoms with van der Waals surface area (Å²) in [6, 6.07) is 30.9. The van der Waals surface area contributed by atoms with Crippen LogP contribution in [0.2, 0.25) is 15.1 Å². The van der Waals surface area contributed by atoms with Crippen molar-refractivity contribution in [3.05, 3.63) is 139 Å². The van der Waals surface area contributed by atoms with Crippen LogP contribution in [-0.2, 0) is 19.6 Å². The Bertz CT molecular complexity index is 1740. The van der Waals surface area contributed by atoms with E-state index in [0.717, 1.165) is 63.7 Å². The molecule has 3 aromatic carbocycles. The van der Waals surface area contributed by atoms with Crippen molar-refractivity contribution in [1.82, 2.24) is 16.0 Å². The van der Waals surface area contributed by atoms with Gasteiger partial charge < -0.3 is 20.4 Å². The molecule has 0 spiro atoms. The van der Waals surface area contributed by atoms with Crippen molar-refractivity contribution in [2.24, 2.45) is 0 Å². The van der Waals surface area contributed by atoms with Gasteiger partial charge in [0.2, 0.25) is 0 Å². The second-order valence-corrected chi connectivity index (χ2v) is 16.3. The molecule has 0 bridgehead atoms. The highest BCUT2D eigenvalue weighted by Crippen LogP contribution is 2.31. The molecule has 264 valence electrons. The van der Waals surface area contributed by atoms with Crippen molar-refractivity contribution in [3.8, 4) is 32.9 Å². The minimum atomic E-state index is 0.693. The molecule has 3 fully saturated rings. The van der Waals surface area contributed by atoms with Gasteiger partial charge >= 0.3 is 0 Å². The van der Waals surface area contributed by atoms with Gasteiger partial charge in [-0.1, -0.05) is 53.0 Å². The lowest BCUT2D eigenvalue weighted by Crippen LogP contribution is -2.15. The summed E-state index contributed by atoms with van der Waals surface area (Å²) in [5, 5.41) is 19.4. The van der Waals surface area contributed by atoms with Crippen molar-refractivity contribution in [2.45, 2.75) is 76.3 Å². The monoisotopic (exact) mass is 773 g/mol. The molecule has 51 heavy (non-hydrogen) atoms. The molecule has 0 radical (unpaired) electrons. The van der Waals surface area contributed by atoms with Crippen molar-refractivity contribution in [2.75, 3.05) is 0 Å². The number of rotatable bonds is 12. The van der Waals surface area contributed by atoms with E-state index >= 15 is 0 Å². The Morgan fingerprint density at radius 3 is 1.55 bits per heavy atom. The van der Waals surface area contributed by atoms with Gasteiger partial charge in [0.05, 0.1) is 6.26 Å². The topological polar surface area (TPSA) is 49.2 Å². The van der Waals surface area contributed by atoms with Crippen LogP contribution in [0, 0.1) is 0 Å². The van der Waals surface area contributed by atoms with Crippen LogP contribution >= 0.6 is 57.5 Å². The molecule has 0 aliphatic heterocycles. The Hall–Kier alpha value is -2.91. The van der Waals surface area contributed by atoms with Crippen LogP contribution in [0.4, 0.5) is 0 Å². The summed E-state index contributed by atoms with van der Waals surface area (Å²) >= 11 is 22.1. The van der Waals surface area contributed by atoms with Gasteiger partial charge in [-0.3, -0.25) is 0 Å². The summed E-state index contributed by atoms with van der Waals surface area (Å²) in [5.41, 5.74) is 8.39. The number of hydrogen-bond donors (Lipinski definition) is 3. The third-order valence-corrected chi connectivity index (χ3v) is 11.8. The Morgan fingerprint density at radius 2 is 1.08 bits per heavy atom. The Morgan fingerprint density at radius 1 is 0.549 bits per heavy atom. The van der Waals surface area contributed by atoms with E-state index in [4.69, 9.17) is 39.2 Å². The molecule has 3 aliphatic rings. The highest BCUT2D eigenvalue weighted by atomic mass is 35.5. The van der Waals surface area contributed by atoms with E-state index in [1.807, 2.05) is 36.4 Å². The maximum Gasteiger partial charge on any atom is 0.133 e. The van der Waals surface area contributed by atoms with Gasteiger partial charge in [-0.25, -0.2) is 0 Å². The zero-order valence-corrected chi connectivity index (χ0v) is 32.2. The molecule has 4 nitrogen and oxygen atoms in total. The van der Waals surface area contributed by atoms with Crippen molar-refractivity contribution >= 4 is 57.5 Å². The van der Waals surface area contributed by atoms with E-state index in [-0.39, 0.29) is 0 Å². The predicted molar refractivity (Wildman–Crippen MR) is 218 cm³/mol. The number of benzene rings is 3. The van der Waals surface area contributed by atoms with E-state index < -0.39 is 0 Å². The molecule has 3 aromatic heterocycles. The van der Waals surface area contributed by atoms with Crippen LogP contribution in [0.3, 0.4) is 0 Å². The molecule has 9 rings (SSSR count). The number of nitrogens with one attached hydrogen (secondary N) is 3. The molecule has 3 heterocycles. The van der Waals surface area contributed by atoms with Gasteiger partial charge in [0.25, 0.3) is 0 Å². The summed E-state index contributed by atoms with van der Waals surface area (Å²) in [6.07, 6.45) is 9.49. The fourth-order valence-corrected chi connectivity index (χ4v) is 7.50. The Balaban J connectivity index is 0.000000119. The molecular formula is C42H42Cl3N3OS2. The summed E-state index contributed by atoms with van der Waals surface area (Å²) in [6.45, 7) is 2.59. The van der Waals surface area contributed by atoms with E-state index in [2.05, 4.69) is 80.6 Å². The number of thiophene rings is 2. The maximum atomic E-state index is 6.22. The molecule has 3 saturated carbocycles. The quantitative estimate of drug-likeness (QED) is 0.116. The normalized spacial score (nSPS) is 15.1. The van der Waals surface area contributed by atoms with Crippen LogP contribution < -0.4 is 16.0 Å². The van der Waals surface area contributed by atoms with Gasteiger partial charge in [-0.2, -0.15) is 11.3 Å².